The summed E-state index contributed by atoms with van der Waals surface area (Å²) in [4.78, 5) is 3.10. The van der Waals surface area contributed by atoms with E-state index in [1.54, 1.807) is 0 Å². The predicted molar refractivity (Wildman–Crippen MR) is 84.9 cm³/mol. The van der Waals surface area contributed by atoms with E-state index >= 15 is 0 Å². The van der Waals surface area contributed by atoms with Crippen molar-refractivity contribution in [1.82, 2.24) is 9.55 Å². The Bertz CT molecular complexity index is 769. The minimum Gasteiger partial charge on any atom is -0.337 e. The van der Waals surface area contributed by atoms with Crippen molar-refractivity contribution < 1.29 is 0 Å². The number of benzene rings is 2. The first-order valence-corrected chi connectivity index (χ1v) is 7.06. The van der Waals surface area contributed by atoms with Crippen LogP contribution in [0.15, 0.2) is 60.8 Å². The lowest BCUT2D eigenvalue weighted by molar-refractivity contribution is 0.959. The molecule has 0 bridgehead atoms. The molecule has 0 saturated carbocycles. The zero-order valence-electron chi connectivity index (χ0n) is 11.3. The molecule has 100 valence electrons. The van der Waals surface area contributed by atoms with E-state index in [0.29, 0.717) is 0 Å². The van der Waals surface area contributed by atoms with Crippen molar-refractivity contribution in [2.45, 2.75) is 13.3 Å². The number of hydrogen-bond donors (Lipinski definition) is 1. The van der Waals surface area contributed by atoms with Gasteiger partial charge in [0.15, 0.2) is 4.77 Å². The van der Waals surface area contributed by atoms with Crippen LogP contribution in [0.4, 0.5) is 0 Å². The van der Waals surface area contributed by atoms with Crippen molar-refractivity contribution in [2.24, 2.45) is 0 Å². The lowest BCUT2D eigenvalue weighted by Gasteiger charge is -2.12. The summed E-state index contributed by atoms with van der Waals surface area (Å²) in [7, 11) is 0. The van der Waals surface area contributed by atoms with Gasteiger partial charge in [-0.3, -0.25) is 4.57 Å². The fourth-order valence-electron chi connectivity index (χ4n) is 2.45. The third kappa shape index (κ3) is 2.45. The molecule has 3 rings (SSSR count). The van der Waals surface area contributed by atoms with Crippen LogP contribution in [-0.4, -0.2) is 9.55 Å². The molecular formula is C17H16N2S. The summed E-state index contributed by atoms with van der Waals surface area (Å²) < 4.78 is 2.83. The summed E-state index contributed by atoms with van der Waals surface area (Å²) in [5.41, 5.74) is 4.85. The van der Waals surface area contributed by atoms with E-state index in [2.05, 4.69) is 65.0 Å². The smallest absolute Gasteiger partial charge is 0.182 e. The number of para-hydroxylation sites is 1. The highest BCUT2D eigenvalue weighted by molar-refractivity contribution is 7.71. The van der Waals surface area contributed by atoms with Gasteiger partial charge in [0, 0.05) is 11.9 Å². The normalized spacial score (nSPS) is 10.7. The van der Waals surface area contributed by atoms with E-state index < -0.39 is 0 Å². The van der Waals surface area contributed by atoms with Crippen LogP contribution in [0.3, 0.4) is 0 Å². The van der Waals surface area contributed by atoms with Gasteiger partial charge in [-0.05, 0) is 42.8 Å². The van der Waals surface area contributed by atoms with Gasteiger partial charge in [0.25, 0.3) is 0 Å². The van der Waals surface area contributed by atoms with E-state index in [-0.39, 0.29) is 0 Å². The molecular weight excluding hydrogens is 264 g/mol. The summed E-state index contributed by atoms with van der Waals surface area (Å²) in [5, 5.41) is 0. The van der Waals surface area contributed by atoms with Gasteiger partial charge in [0.2, 0.25) is 0 Å². The second kappa shape index (κ2) is 5.47. The molecule has 0 radical (unpaired) electrons. The quantitative estimate of drug-likeness (QED) is 0.704. The molecule has 3 heteroatoms. The molecule has 0 aliphatic rings. The van der Waals surface area contributed by atoms with Crippen molar-refractivity contribution in [3.05, 3.63) is 82.4 Å². The number of hydrogen-bond acceptors (Lipinski definition) is 1. The van der Waals surface area contributed by atoms with E-state index in [1.807, 2.05) is 12.3 Å². The summed E-state index contributed by atoms with van der Waals surface area (Å²) in [6.07, 6.45) is 2.85. The largest absolute Gasteiger partial charge is 0.337 e. The average molecular weight is 280 g/mol. The summed E-state index contributed by atoms with van der Waals surface area (Å²) in [6, 6.07) is 18.9. The fourth-order valence-corrected chi connectivity index (χ4v) is 2.75. The average Bonchev–Trinajstić information content (AvgIpc) is 2.80. The highest BCUT2D eigenvalue weighted by atomic mass is 32.1. The maximum atomic E-state index is 5.39. The molecule has 2 aromatic carbocycles. The second-order valence-corrected chi connectivity index (χ2v) is 5.25. The van der Waals surface area contributed by atoms with Gasteiger partial charge < -0.3 is 4.98 Å². The summed E-state index contributed by atoms with van der Waals surface area (Å²) in [6.45, 7) is 2.06. The maximum absolute atomic E-state index is 5.39. The lowest BCUT2D eigenvalue weighted by atomic mass is 10.0. The number of H-pyrrole nitrogens is 1. The highest BCUT2D eigenvalue weighted by Gasteiger charge is 2.08. The van der Waals surface area contributed by atoms with Crippen LogP contribution in [-0.2, 0) is 6.42 Å². The standard InChI is InChI=1S/C17H16N2S/c1-13-12-18-17(20)19(13)16-10-6-5-9-15(16)11-14-7-3-2-4-8-14/h2-10,12H,11H2,1H3,(H,18,20). The van der Waals surface area contributed by atoms with Gasteiger partial charge >= 0.3 is 0 Å². The Morgan fingerprint density at radius 2 is 1.70 bits per heavy atom. The number of nitrogens with zero attached hydrogens (tertiary/aromatic N) is 1. The number of rotatable bonds is 3. The Labute approximate surface area is 123 Å². The molecule has 0 aliphatic heterocycles. The number of imidazole rings is 1. The van der Waals surface area contributed by atoms with Crippen LogP contribution >= 0.6 is 12.2 Å². The third-order valence-electron chi connectivity index (χ3n) is 3.43. The van der Waals surface area contributed by atoms with Crippen molar-refractivity contribution in [3.63, 3.8) is 0 Å². The molecule has 1 N–H and O–H groups in total. The van der Waals surface area contributed by atoms with Crippen LogP contribution < -0.4 is 0 Å². The van der Waals surface area contributed by atoms with Crippen LogP contribution in [0.2, 0.25) is 0 Å². The maximum Gasteiger partial charge on any atom is 0.182 e. The van der Waals surface area contributed by atoms with E-state index in [4.69, 9.17) is 12.2 Å². The molecule has 20 heavy (non-hydrogen) atoms. The van der Waals surface area contributed by atoms with Gasteiger partial charge in [0.1, 0.15) is 0 Å². The van der Waals surface area contributed by atoms with Crippen molar-refractivity contribution in [1.29, 1.82) is 0 Å². The Morgan fingerprint density at radius 1 is 1.00 bits per heavy atom. The van der Waals surface area contributed by atoms with Crippen LogP contribution in [0, 0.1) is 11.7 Å². The molecule has 0 aliphatic carbocycles. The molecule has 2 nitrogen and oxygen atoms in total. The molecule has 1 aromatic heterocycles. The van der Waals surface area contributed by atoms with Gasteiger partial charge in [0.05, 0.1) is 5.69 Å². The predicted octanol–water partition coefficient (Wildman–Crippen LogP) is 4.43. The second-order valence-electron chi connectivity index (χ2n) is 4.86. The molecule has 0 saturated heterocycles. The molecule has 0 fully saturated rings. The molecule has 3 aromatic rings. The molecule has 1 heterocycles. The number of nitrogens with one attached hydrogen (secondary N) is 1. The molecule has 0 spiro atoms. The fraction of sp³-hybridized carbons (Fsp3) is 0.118. The SMILES string of the molecule is Cc1c[nH]c(=S)n1-c1ccccc1Cc1ccccc1. The van der Waals surface area contributed by atoms with Crippen molar-refractivity contribution in [3.8, 4) is 5.69 Å². The molecule has 0 atom stereocenters. The molecule has 0 unspecified atom stereocenters. The Hall–Kier alpha value is -2.13. The van der Waals surface area contributed by atoms with Crippen molar-refractivity contribution in [2.75, 3.05) is 0 Å². The minimum atomic E-state index is 0.739. The zero-order chi connectivity index (χ0) is 13.9. The highest BCUT2D eigenvalue weighted by Crippen LogP contribution is 2.20. The Morgan fingerprint density at radius 3 is 2.40 bits per heavy atom. The first kappa shape index (κ1) is 12.9. The number of aryl methyl sites for hydroxylation is 1. The Balaban J connectivity index is 2.08. The summed E-state index contributed by atoms with van der Waals surface area (Å²) >= 11 is 5.39. The van der Waals surface area contributed by atoms with Gasteiger partial charge in [-0.2, -0.15) is 0 Å². The zero-order valence-corrected chi connectivity index (χ0v) is 12.2. The van der Waals surface area contributed by atoms with Gasteiger partial charge in [-0.15, -0.1) is 0 Å². The first-order chi connectivity index (χ1) is 9.75. The number of aromatic nitrogens is 2. The van der Waals surface area contributed by atoms with E-state index in [1.165, 1.54) is 11.1 Å². The molecule has 0 amide bonds. The van der Waals surface area contributed by atoms with E-state index in [0.717, 1.165) is 22.6 Å². The minimum absolute atomic E-state index is 0.739. The summed E-state index contributed by atoms with van der Waals surface area (Å²) in [5.74, 6) is 0. The lowest BCUT2D eigenvalue weighted by Crippen LogP contribution is -2.02. The van der Waals surface area contributed by atoms with E-state index in [9.17, 15) is 0 Å². The number of aromatic amines is 1. The first-order valence-electron chi connectivity index (χ1n) is 6.65. The van der Waals surface area contributed by atoms with Crippen LogP contribution in [0.25, 0.3) is 5.69 Å². The third-order valence-corrected chi connectivity index (χ3v) is 3.73. The van der Waals surface area contributed by atoms with Crippen LogP contribution in [0.1, 0.15) is 16.8 Å². The Kier molecular flexibility index (Phi) is 3.52. The topological polar surface area (TPSA) is 20.7 Å². The monoisotopic (exact) mass is 280 g/mol. The van der Waals surface area contributed by atoms with Gasteiger partial charge in [-0.25, -0.2) is 0 Å². The van der Waals surface area contributed by atoms with Gasteiger partial charge in [-0.1, -0.05) is 48.5 Å². The van der Waals surface area contributed by atoms with Crippen molar-refractivity contribution >= 4 is 12.2 Å². The van der Waals surface area contributed by atoms with Crippen LogP contribution in [0.5, 0.6) is 0 Å².